The molecule has 0 amide bonds. The van der Waals surface area contributed by atoms with E-state index in [-0.39, 0.29) is 20.0 Å². The van der Waals surface area contributed by atoms with Gasteiger partial charge in [0.1, 0.15) is 12.1 Å². The summed E-state index contributed by atoms with van der Waals surface area (Å²) in [6, 6.07) is 5.76. The SMILES string of the molecule is CC(CO)(CO)[NH2+]Cc1ccc2c(c1)OCO2. The third-order valence-corrected chi connectivity index (χ3v) is 2.99. The fourth-order valence-corrected chi connectivity index (χ4v) is 1.61. The fourth-order valence-electron chi connectivity index (χ4n) is 1.61. The lowest BCUT2D eigenvalue weighted by molar-refractivity contribution is -0.741. The van der Waals surface area contributed by atoms with Crippen LogP contribution in [-0.2, 0) is 6.54 Å². The summed E-state index contributed by atoms with van der Waals surface area (Å²) in [6.45, 7) is 2.64. The van der Waals surface area contributed by atoms with Crippen LogP contribution in [0.1, 0.15) is 12.5 Å². The van der Waals surface area contributed by atoms with E-state index in [9.17, 15) is 10.2 Å². The van der Waals surface area contributed by atoms with Crippen molar-refractivity contribution in [1.82, 2.24) is 0 Å². The standard InChI is InChI=1S/C12H17NO4/c1-12(6-14,7-15)13-5-9-2-3-10-11(4-9)17-8-16-10/h2-4,13-15H,5-8H2,1H3/p+1. The van der Waals surface area contributed by atoms with Crippen LogP contribution in [-0.4, -0.2) is 35.8 Å². The van der Waals surface area contributed by atoms with Crippen molar-refractivity contribution in [2.75, 3.05) is 20.0 Å². The first kappa shape index (κ1) is 12.2. The van der Waals surface area contributed by atoms with E-state index in [1.807, 2.05) is 30.4 Å². The predicted molar refractivity (Wildman–Crippen MR) is 60.8 cm³/mol. The van der Waals surface area contributed by atoms with Gasteiger partial charge in [-0.15, -0.1) is 0 Å². The third-order valence-electron chi connectivity index (χ3n) is 2.99. The summed E-state index contributed by atoms with van der Waals surface area (Å²) in [5.41, 5.74) is 0.526. The van der Waals surface area contributed by atoms with Crippen molar-refractivity contribution in [1.29, 1.82) is 0 Å². The Hall–Kier alpha value is -1.30. The smallest absolute Gasteiger partial charge is 0.231 e. The summed E-state index contributed by atoms with van der Waals surface area (Å²) >= 11 is 0. The van der Waals surface area contributed by atoms with E-state index in [2.05, 4.69) is 0 Å². The van der Waals surface area contributed by atoms with Crippen molar-refractivity contribution in [2.24, 2.45) is 0 Å². The van der Waals surface area contributed by atoms with Crippen molar-refractivity contribution < 1.29 is 25.0 Å². The molecule has 0 atom stereocenters. The van der Waals surface area contributed by atoms with Crippen LogP contribution in [0.3, 0.4) is 0 Å². The van der Waals surface area contributed by atoms with Gasteiger partial charge >= 0.3 is 0 Å². The number of aliphatic hydroxyl groups excluding tert-OH is 2. The first-order valence-electron chi connectivity index (χ1n) is 5.61. The maximum atomic E-state index is 9.18. The number of nitrogens with two attached hydrogens (primary N) is 1. The highest BCUT2D eigenvalue weighted by atomic mass is 16.7. The van der Waals surface area contributed by atoms with E-state index in [4.69, 9.17) is 9.47 Å². The lowest BCUT2D eigenvalue weighted by Gasteiger charge is -2.22. The molecule has 0 radical (unpaired) electrons. The minimum atomic E-state index is -0.545. The molecule has 0 bridgehead atoms. The van der Waals surface area contributed by atoms with E-state index in [0.717, 1.165) is 17.1 Å². The zero-order valence-corrected chi connectivity index (χ0v) is 9.85. The average Bonchev–Trinajstić information content (AvgIpc) is 2.83. The van der Waals surface area contributed by atoms with Gasteiger partial charge in [-0.05, 0) is 25.1 Å². The zero-order chi connectivity index (χ0) is 12.3. The van der Waals surface area contributed by atoms with E-state index in [0.29, 0.717) is 6.54 Å². The summed E-state index contributed by atoms with van der Waals surface area (Å²) in [4.78, 5) is 0. The summed E-state index contributed by atoms with van der Waals surface area (Å²) in [5.74, 6) is 1.52. The minimum absolute atomic E-state index is 0.0615. The molecule has 1 heterocycles. The highest BCUT2D eigenvalue weighted by molar-refractivity contribution is 5.44. The molecule has 0 aliphatic carbocycles. The Morgan fingerprint density at radius 1 is 1.24 bits per heavy atom. The van der Waals surface area contributed by atoms with Crippen LogP contribution in [0, 0.1) is 0 Å². The molecule has 0 saturated heterocycles. The molecule has 1 aliphatic rings. The van der Waals surface area contributed by atoms with E-state index in [1.54, 1.807) is 0 Å². The number of hydrogen-bond acceptors (Lipinski definition) is 4. The maximum absolute atomic E-state index is 9.18. The Morgan fingerprint density at radius 2 is 1.94 bits per heavy atom. The van der Waals surface area contributed by atoms with Crippen molar-refractivity contribution in [3.05, 3.63) is 23.8 Å². The van der Waals surface area contributed by atoms with E-state index < -0.39 is 5.54 Å². The van der Waals surface area contributed by atoms with Gasteiger partial charge in [-0.2, -0.15) is 0 Å². The first-order valence-corrected chi connectivity index (χ1v) is 5.61. The minimum Gasteiger partial charge on any atom is -0.454 e. The second-order valence-corrected chi connectivity index (χ2v) is 4.57. The molecule has 0 aromatic heterocycles. The van der Waals surface area contributed by atoms with Crippen LogP contribution in [0.25, 0.3) is 0 Å². The fraction of sp³-hybridized carbons (Fsp3) is 0.500. The van der Waals surface area contributed by atoms with Crippen molar-refractivity contribution in [2.45, 2.75) is 19.0 Å². The lowest BCUT2D eigenvalue weighted by Crippen LogP contribution is -2.97. The van der Waals surface area contributed by atoms with Crippen LogP contribution in [0.4, 0.5) is 0 Å². The highest BCUT2D eigenvalue weighted by Gasteiger charge is 2.26. The number of aliphatic hydroxyl groups is 2. The molecule has 4 N–H and O–H groups in total. The van der Waals surface area contributed by atoms with Gasteiger partial charge < -0.3 is 25.0 Å². The van der Waals surface area contributed by atoms with Gasteiger partial charge in [0, 0.05) is 5.56 Å². The lowest BCUT2D eigenvalue weighted by atomic mass is 10.0. The van der Waals surface area contributed by atoms with Gasteiger partial charge in [0.05, 0.1) is 13.2 Å². The number of fused-ring (bicyclic) bond motifs is 1. The van der Waals surface area contributed by atoms with E-state index >= 15 is 0 Å². The molecule has 0 unspecified atom stereocenters. The number of rotatable bonds is 5. The van der Waals surface area contributed by atoms with Gasteiger partial charge in [0.2, 0.25) is 6.79 Å². The van der Waals surface area contributed by atoms with Gasteiger partial charge in [0.25, 0.3) is 0 Å². The van der Waals surface area contributed by atoms with Gasteiger partial charge in [-0.1, -0.05) is 0 Å². The Labute approximate surface area is 100.0 Å². The molecule has 1 aromatic carbocycles. The van der Waals surface area contributed by atoms with Gasteiger partial charge in [0.15, 0.2) is 11.5 Å². The van der Waals surface area contributed by atoms with Crippen LogP contribution in [0.2, 0.25) is 0 Å². The topological polar surface area (TPSA) is 75.5 Å². The van der Waals surface area contributed by atoms with E-state index in [1.165, 1.54) is 0 Å². The summed E-state index contributed by atoms with van der Waals surface area (Å²) in [5, 5.41) is 20.3. The average molecular weight is 240 g/mol. The molecule has 5 nitrogen and oxygen atoms in total. The Balaban J connectivity index is 2.00. The molecule has 0 spiro atoms. The van der Waals surface area contributed by atoms with Crippen LogP contribution in [0.15, 0.2) is 18.2 Å². The summed E-state index contributed by atoms with van der Waals surface area (Å²) in [6.07, 6.45) is 0. The van der Waals surface area contributed by atoms with Crippen molar-refractivity contribution >= 4 is 0 Å². The van der Waals surface area contributed by atoms with Crippen molar-refractivity contribution in [3.63, 3.8) is 0 Å². The van der Waals surface area contributed by atoms with Crippen LogP contribution >= 0.6 is 0 Å². The molecule has 17 heavy (non-hydrogen) atoms. The number of hydrogen-bond donors (Lipinski definition) is 3. The Bertz CT molecular complexity index is 390. The summed E-state index contributed by atoms with van der Waals surface area (Å²) in [7, 11) is 0. The molecular formula is C12H18NO4+. The zero-order valence-electron chi connectivity index (χ0n) is 9.85. The Kier molecular flexibility index (Phi) is 3.51. The van der Waals surface area contributed by atoms with Gasteiger partial charge in [-0.25, -0.2) is 0 Å². The number of benzene rings is 1. The molecule has 2 rings (SSSR count). The normalized spacial score (nSPS) is 14.1. The van der Waals surface area contributed by atoms with Crippen molar-refractivity contribution in [3.8, 4) is 11.5 Å². The monoisotopic (exact) mass is 240 g/mol. The third kappa shape index (κ3) is 2.69. The molecular weight excluding hydrogens is 222 g/mol. The van der Waals surface area contributed by atoms with Crippen LogP contribution < -0.4 is 14.8 Å². The number of quaternary nitrogens is 1. The molecule has 1 aliphatic heterocycles. The summed E-state index contributed by atoms with van der Waals surface area (Å²) < 4.78 is 10.5. The molecule has 0 saturated carbocycles. The largest absolute Gasteiger partial charge is 0.454 e. The van der Waals surface area contributed by atoms with Crippen LogP contribution in [0.5, 0.6) is 11.5 Å². The second kappa shape index (κ2) is 4.91. The molecule has 0 fully saturated rings. The molecule has 5 heteroatoms. The Morgan fingerprint density at radius 3 is 2.65 bits per heavy atom. The molecule has 94 valence electrons. The maximum Gasteiger partial charge on any atom is 0.231 e. The first-order chi connectivity index (χ1) is 8.17. The highest BCUT2D eigenvalue weighted by Crippen LogP contribution is 2.32. The molecule has 1 aromatic rings. The number of ether oxygens (including phenoxy) is 2. The second-order valence-electron chi connectivity index (χ2n) is 4.57. The van der Waals surface area contributed by atoms with Gasteiger partial charge in [-0.3, -0.25) is 0 Å². The quantitative estimate of drug-likeness (QED) is 0.631. The predicted octanol–water partition coefficient (Wildman–Crippen LogP) is -0.778.